The molecule has 1 rings (SSSR count). The predicted molar refractivity (Wildman–Crippen MR) is 80.6 cm³/mol. The molecule has 0 atom stereocenters. The third-order valence-corrected chi connectivity index (χ3v) is 3.31. The molecule has 0 heterocycles. The number of hydrogen-bond donors (Lipinski definition) is 1. The Bertz CT molecular complexity index is 448. The Morgan fingerprint density at radius 2 is 1.90 bits per heavy atom. The fraction of sp³-hybridized carbons (Fsp3) is 0.429. The first-order valence-electron chi connectivity index (χ1n) is 6.33. The molecule has 20 heavy (non-hydrogen) atoms. The van der Waals surface area contributed by atoms with E-state index in [-0.39, 0.29) is 11.8 Å². The van der Waals surface area contributed by atoms with Gasteiger partial charge in [-0.3, -0.25) is 9.59 Å². The second kappa shape index (κ2) is 8.71. The first-order valence-corrected chi connectivity index (χ1v) is 7.12. The number of methoxy groups -OCH3 is 1. The van der Waals surface area contributed by atoms with Gasteiger partial charge in [0.1, 0.15) is 0 Å². The van der Waals surface area contributed by atoms with Crippen molar-refractivity contribution >= 4 is 27.7 Å². The van der Waals surface area contributed by atoms with Gasteiger partial charge in [0.2, 0.25) is 5.91 Å². The van der Waals surface area contributed by atoms with Gasteiger partial charge in [0, 0.05) is 43.7 Å². The lowest BCUT2D eigenvalue weighted by Crippen LogP contribution is -2.39. The molecule has 0 unspecified atom stereocenters. The molecular formula is C14H19BrN2O3. The highest BCUT2D eigenvalue weighted by atomic mass is 79.9. The van der Waals surface area contributed by atoms with Crippen molar-refractivity contribution in [2.75, 3.05) is 33.4 Å². The molecule has 0 fully saturated rings. The Hall–Kier alpha value is -1.40. The summed E-state index contributed by atoms with van der Waals surface area (Å²) >= 11 is 3.32. The summed E-state index contributed by atoms with van der Waals surface area (Å²) in [5, 5.41) is 2.79. The number of amides is 2. The summed E-state index contributed by atoms with van der Waals surface area (Å²) in [6, 6.07) is 7.12. The number of carbonyl (C=O) groups excluding carboxylic acids is 2. The minimum absolute atomic E-state index is 0.0278. The maximum atomic E-state index is 11.9. The molecule has 1 N–H and O–H groups in total. The first-order chi connectivity index (χ1) is 9.54. The van der Waals surface area contributed by atoms with Crippen molar-refractivity contribution < 1.29 is 14.3 Å². The van der Waals surface area contributed by atoms with Gasteiger partial charge in [-0.2, -0.15) is 0 Å². The molecule has 0 aliphatic rings. The lowest BCUT2D eigenvalue weighted by Gasteiger charge is -2.20. The van der Waals surface area contributed by atoms with Gasteiger partial charge in [-0.1, -0.05) is 15.9 Å². The van der Waals surface area contributed by atoms with Crippen LogP contribution in [0.1, 0.15) is 17.3 Å². The predicted octanol–water partition coefficient (Wildman–Crippen LogP) is 1.67. The van der Waals surface area contributed by atoms with E-state index < -0.39 is 0 Å². The van der Waals surface area contributed by atoms with Crippen molar-refractivity contribution in [3.8, 4) is 0 Å². The summed E-state index contributed by atoms with van der Waals surface area (Å²) in [5.74, 6) is -0.173. The van der Waals surface area contributed by atoms with E-state index in [4.69, 9.17) is 4.74 Å². The smallest absolute Gasteiger partial charge is 0.251 e. The Balaban J connectivity index is 2.40. The summed E-state index contributed by atoms with van der Waals surface area (Å²) in [7, 11) is 1.59. The van der Waals surface area contributed by atoms with E-state index in [1.807, 2.05) is 12.1 Å². The number of nitrogens with one attached hydrogen (secondary N) is 1. The molecule has 5 nitrogen and oxygen atoms in total. The van der Waals surface area contributed by atoms with Gasteiger partial charge in [-0.15, -0.1) is 0 Å². The van der Waals surface area contributed by atoms with Gasteiger partial charge in [0.05, 0.1) is 6.61 Å². The van der Waals surface area contributed by atoms with E-state index in [1.165, 1.54) is 6.92 Å². The van der Waals surface area contributed by atoms with Crippen LogP contribution in [-0.2, 0) is 9.53 Å². The highest BCUT2D eigenvalue weighted by Gasteiger charge is 2.09. The van der Waals surface area contributed by atoms with Crippen molar-refractivity contribution in [3.05, 3.63) is 34.3 Å². The Morgan fingerprint density at radius 3 is 2.45 bits per heavy atom. The van der Waals surface area contributed by atoms with E-state index in [0.717, 1.165) is 4.47 Å². The molecule has 6 heteroatoms. The zero-order valence-corrected chi connectivity index (χ0v) is 13.3. The summed E-state index contributed by atoms with van der Waals surface area (Å²) in [4.78, 5) is 24.9. The van der Waals surface area contributed by atoms with E-state index >= 15 is 0 Å². The van der Waals surface area contributed by atoms with E-state index in [1.54, 1.807) is 24.1 Å². The molecule has 1 aromatic carbocycles. The molecule has 2 amide bonds. The monoisotopic (exact) mass is 342 g/mol. The number of ether oxygens (including phenoxy) is 1. The van der Waals surface area contributed by atoms with Crippen LogP contribution < -0.4 is 5.32 Å². The van der Waals surface area contributed by atoms with Crippen LogP contribution in [0.15, 0.2) is 28.7 Å². The maximum Gasteiger partial charge on any atom is 0.251 e. The molecule has 0 aromatic heterocycles. The molecule has 0 bridgehead atoms. The molecule has 1 aromatic rings. The number of halogens is 1. The highest BCUT2D eigenvalue weighted by molar-refractivity contribution is 9.10. The Kier molecular flexibility index (Phi) is 7.25. The zero-order chi connectivity index (χ0) is 15.0. The van der Waals surface area contributed by atoms with Crippen LogP contribution in [0, 0.1) is 0 Å². The average molecular weight is 343 g/mol. The van der Waals surface area contributed by atoms with Gasteiger partial charge < -0.3 is 15.0 Å². The topological polar surface area (TPSA) is 58.6 Å². The lowest BCUT2D eigenvalue weighted by molar-refractivity contribution is -0.129. The normalized spacial score (nSPS) is 10.2. The van der Waals surface area contributed by atoms with Crippen LogP contribution in [0.3, 0.4) is 0 Å². The van der Waals surface area contributed by atoms with Crippen molar-refractivity contribution in [2.24, 2.45) is 0 Å². The summed E-state index contributed by atoms with van der Waals surface area (Å²) in [6.07, 6.45) is 0. The van der Waals surface area contributed by atoms with E-state index in [0.29, 0.717) is 31.8 Å². The number of benzene rings is 1. The Morgan fingerprint density at radius 1 is 1.25 bits per heavy atom. The van der Waals surface area contributed by atoms with Crippen molar-refractivity contribution in [1.29, 1.82) is 0 Å². The summed E-state index contributed by atoms with van der Waals surface area (Å²) in [5.41, 5.74) is 0.597. The molecule has 0 radical (unpaired) electrons. The maximum absolute atomic E-state index is 11.9. The third kappa shape index (κ3) is 5.71. The number of carbonyl (C=O) groups is 2. The molecule has 0 spiro atoms. The zero-order valence-electron chi connectivity index (χ0n) is 11.7. The van der Waals surface area contributed by atoms with E-state index in [9.17, 15) is 9.59 Å². The second-order valence-electron chi connectivity index (χ2n) is 4.26. The van der Waals surface area contributed by atoms with Gasteiger partial charge in [-0.25, -0.2) is 0 Å². The number of hydrogen-bond acceptors (Lipinski definition) is 3. The van der Waals surface area contributed by atoms with E-state index in [2.05, 4.69) is 21.2 Å². The van der Waals surface area contributed by atoms with Crippen molar-refractivity contribution in [3.63, 3.8) is 0 Å². The van der Waals surface area contributed by atoms with Crippen molar-refractivity contribution in [2.45, 2.75) is 6.92 Å². The van der Waals surface area contributed by atoms with Gasteiger partial charge in [-0.05, 0) is 24.3 Å². The summed E-state index contributed by atoms with van der Waals surface area (Å²) < 4.78 is 5.87. The van der Waals surface area contributed by atoms with Gasteiger partial charge in [0.15, 0.2) is 0 Å². The minimum Gasteiger partial charge on any atom is -0.383 e. The third-order valence-electron chi connectivity index (χ3n) is 2.78. The fourth-order valence-corrected chi connectivity index (χ4v) is 1.90. The SMILES string of the molecule is COCCN(CCNC(=O)c1ccc(Br)cc1)C(C)=O. The molecule has 0 saturated carbocycles. The number of nitrogens with zero attached hydrogens (tertiary/aromatic N) is 1. The second-order valence-corrected chi connectivity index (χ2v) is 5.18. The molecule has 0 saturated heterocycles. The molecule has 0 aliphatic heterocycles. The quantitative estimate of drug-likeness (QED) is 0.819. The fourth-order valence-electron chi connectivity index (χ4n) is 1.64. The summed E-state index contributed by atoms with van der Waals surface area (Å²) in [6.45, 7) is 3.41. The molecule has 0 aliphatic carbocycles. The minimum atomic E-state index is -0.146. The highest BCUT2D eigenvalue weighted by Crippen LogP contribution is 2.10. The average Bonchev–Trinajstić information content (AvgIpc) is 2.42. The van der Waals surface area contributed by atoms with Crippen LogP contribution >= 0.6 is 15.9 Å². The number of rotatable bonds is 7. The van der Waals surface area contributed by atoms with Crippen LogP contribution in [0.4, 0.5) is 0 Å². The van der Waals surface area contributed by atoms with Crippen LogP contribution in [0.5, 0.6) is 0 Å². The van der Waals surface area contributed by atoms with Crippen LogP contribution in [0.2, 0.25) is 0 Å². The standard InChI is InChI=1S/C14H19BrN2O3/c1-11(18)17(9-10-20-2)8-7-16-14(19)12-3-5-13(15)6-4-12/h3-6H,7-10H2,1-2H3,(H,16,19). The molecular weight excluding hydrogens is 324 g/mol. The van der Waals surface area contributed by atoms with Crippen LogP contribution in [-0.4, -0.2) is 50.1 Å². The van der Waals surface area contributed by atoms with Crippen LogP contribution in [0.25, 0.3) is 0 Å². The lowest BCUT2D eigenvalue weighted by atomic mass is 10.2. The largest absolute Gasteiger partial charge is 0.383 e. The van der Waals surface area contributed by atoms with Crippen molar-refractivity contribution in [1.82, 2.24) is 10.2 Å². The van der Waals surface area contributed by atoms with Gasteiger partial charge >= 0.3 is 0 Å². The Labute approximate surface area is 127 Å². The van der Waals surface area contributed by atoms with Gasteiger partial charge in [0.25, 0.3) is 5.91 Å². The first kappa shape index (κ1) is 16.7. The molecule has 110 valence electrons.